The van der Waals surface area contributed by atoms with Crippen molar-refractivity contribution in [1.82, 2.24) is 0 Å². The van der Waals surface area contributed by atoms with Gasteiger partial charge in [-0.3, -0.25) is 0 Å². The van der Waals surface area contributed by atoms with Gasteiger partial charge in [0.15, 0.2) is 10.0 Å². The van der Waals surface area contributed by atoms with Crippen molar-refractivity contribution in [2.45, 2.75) is 4.21 Å². The van der Waals surface area contributed by atoms with Crippen molar-refractivity contribution in [3.05, 3.63) is 15.9 Å². The van der Waals surface area contributed by atoms with Crippen molar-refractivity contribution in [3.63, 3.8) is 0 Å². The van der Waals surface area contributed by atoms with Gasteiger partial charge in [0, 0.05) is 4.47 Å². The fourth-order valence-corrected chi connectivity index (χ4v) is 3.48. The second kappa shape index (κ2) is 3.14. The SMILES string of the molecule is O=S(Cl)c1sccc1Br. The maximum absolute atomic E-state index is 10.6. The van der Waals surface area contributed by atoms with Crippen LogP contribution in [0, 0.1) is 0 Å². The fraction of sp³-hybridized carbons (Fsp3) is 0. The van der Waals surface area contributed by atoms with E-state index in [1.807, 2.05) is 11.4 Å². The van der Waals surface area contributed by atoms with Crippen molar-refractivity contribution in [2.75, 3.05) is 0 Å². The third-order valence-corrected chi connectivity index (χ3v) is 4.61. The Morgan fingerprint density at radius 3 is 2.67 bits per heavy atom. The molecule has 0 saturated carbocycles. The van der Waals surface area contributed by atoms with E-state index in [0.29, 0.717) is 4.21 Å². The zero-order valence-electron chi connectivity index (χ0n) is 4.14. The minimum Gasteiger partial charge on any atom is -0.236 e. The second-order valence-electron chi connectivity index (χ2n) is 1.28. The quantitative estimate of drug-likeness (QED) is 0.696. The lowest BCUT2D eigenvalue weighted by Gasteiger charge is -1.84. The molecule has 0 saturated heterocycles. The van der Waals surface area contributed by atoms with E-state index < -0.39 is 10.0 Å². The van der Waals surface area contributed by atoms with Crippen LogP contribution in [0.3, 0.4) is 0 Å². The summed E-state index contributed by atoms with van der Waals surface area (Å²) >= 11 is 4.58. The third kappa shape index (κ3) is 1.77. The summed E-state index contributed by atoms with van der Waals surface area (Å²) in [6, 6.07) is 1.82. The predicted molar refractivity (Wildman–Crippen MR) is 44.3 cm³/mol. The first kappa shape index (κ1) is 7.72. The number of thiophene rings is 1. The van der Waals surface area contributed by atoms with Gasteiger partial charge >= 0.3 is 0 Å². The van der Waals surface area contributed by atoms with Gasteiger partial charge in [0.1, 0.15) is 4.21 Å². The molecule has 1 atom stereocenters. The molecule has 0 N–H and O–H groups in total. The lowest BCUT2D eigenvalue weighted by atomic mass is 10.7. The lowest BCUT2D eigenvalue weighted by molar-refractivity contribution is 0.692. The van der Waals surface area contributed by atoms with E-state index in [4.69, 9.17) is 10.7 Å². The van der Waals surface area contributed by atoms with Gasteiger partial charge in [-0.1, -0.05) is 0 Å². The van der Waals surface area contributed by atoms with Crippen molar-refractivity contribution in [3.8, 4) is 0 Å². The number of hydrogen-bond donors (Lipinski definition) is 0. The van der Waals surface area contributed by atoms with Crippen LogP contribution >= 0.6 is 37.9 Å². The van der Waals surface area contributed by atoms with E-state index in [-0.39, 0.29) is 0 Å². The van der Waals surface area contributed by atoms with Crippen LogP contribution in [0.15, 0.2) is 20.1 Å². The normalized spacial score (nSPS) is 13.6. The molecule has 1 unspecified atom stereocenters. The molecule has 0 amide bonds. The Labute approximate surface area is 72.1 Å². The average Bonchev–Trinajstić information content (AvgIpc) is 2.13. The van der Waals surface area contributed by atoms with Gasteiger partial charge in [-0.05, 0) is 38.1 Å². The molecule has 0 fully saturated rings. The van der Waals surface area contributed by atoms with Crippen LogP contribution in [0.25, 0.3) is 0 Å². The molecule has 1 aromatic heterocycles. The summed E-state index contributed by atoms with van der Waals surface area (Å²) in [6.07, 6.45) is 0. The molecular formula is C4H2BrClOS2. The average molecular weight is 246 g/mol. The van der Waals surface area contributed by atoms with Gasteiger partial charge in [0.05, 0.1) is 0 Å². The van der Waals surface area contributed by atoms with Crippen molar-refractivity contribution >= 4 is 48.0 Å². The smallest absolute Gasteiger partial charge is 0.158 e. The molecule has 9 heavy (non-hydrogen) atoms. The summed E-state index contributed by atoms with van der Waals surface area (Å²) in [6.45, 7) is 0. The summed E-state index contributed by atoms with van der Waals surface area (Å²) in [4.78, 5) is 0. The lowest BCUT2D eigenvalue weighted by Crippen LogP contribution is -1.72. The van der Waals surface area contributed by atoms with E-state index >= 15 is 0 Å². The van der Waals surface area contributed by atoms with Crippen molar-refractivity contribution in [1.29, 1.82) is 0 Å². The van der Waals surface area contributed by atoms with Crippen LogP contribution in [-0.2, 0) is 10.0 Å². The Bertz CT molecular complexity index is 234. The van der Waals surface area contributed by atoms with Crippen LogP contribution in [0.5, 0.6) is 0 Å². The van der Waals surface area contributed by atoms with Gasteiger partial charge < -0.3 is 0 Å². The maximum Gasteiger partial charge on any atom is 0.158 e. The number of hydrogen-bond acceptors (Lipinski definition) is 2. The molecular weight excluding hydrogens is 244 g/mol. The Kier molecular flexibility index (Phi) is 2.70. The standard InChI is InChI=1S/C4H2BrClOS2/c5-3-1-2-8-4(3)9(6)7/h1-2H. The Morgan fingerprint density at radius 2 is 2.44 bits per heavy atom. The minimum absolute atomic E-state index is 0.677. The zero-order valence-corrected chi connectivity index (χ0v) is 8.11. The van der Waals surface area contributed by atoms with Crippen molar-refractivity contribution < 1.29 is 4.21 Å². The molecule has 1 heterocycles. The van der Waals surface area contributed by atoms with E-state index in [1.165, 1.54) is 11.3 Å². The minimum atomic E-state index is -1.37. The van der Waals surface area contributed by atoms with Gasteiger partial charge in [-0.2, -0.15) is 0 Å². The molecule has 0 radical (unpaired) electrons. The molecule has 5 heteroatoms. The van der Waals surface area contributed by atoms with Crippen LogP contribution in [0.4, 0.5) is 0 Å². The highest BCUT2D eigenvalue weighted by molar-refractivity contribution is 9.10. The Hall–Kier alpha value is 0.620. The first-order valence-electron chi connectivity index (χ1n) is 2.03. The fourth-order valence-electron chi connectivity index (χ4n) is 0.394. The molecule has 0 aromatic carbocycles. The summed E-state index contributed by atoms with van der Waals surface area (Å²) in [5.41, 5.74) is 0. The summed E-state index contributed by atoms with van der Waals surface area (Å²) in [5, 5.41) is 1.83. The third-order valence-electron chi connectivity index (χ3n) is 0.730. The molecule has 0 spiro atoms. The molecule has 0 aliphatic rings. The highest BCUT2D eigenvalue weighted by atomic mass is 79.9. The van der Waals surface area contributed by atoms with Crippen molar-refractivity contribution in [2.24, 2.45) is 0 Å². The van der Waals surface area contributed by atoms with E-state index in [0.717, 1.165) is 4.47 Å². The topological polar surface area (TPSA) is 17.1 Å². The Balaban J connectivity index is 3.08. The highest BCUT2D eigenvalue weighted by Crippen LogP contribution is 2.27. The van der Waals surface area contributed by atoms with E-state index in [1.54, 1.807) is 0 Å². The van der Waals surface area contributed by atoms with Gasteiger partial charge in [-0.25, -0.2) is 4.21 Å². The molecule has 1 rings (SSSR count). The van der Waals surface area contributed by atoms with E-state index in [9.17, 15) is 4.21 Å². The van der Waals surface area contributed by atoms with Gasteiger partial charge in [0.25, 0.3) is 0 Å². The molecule has 1 aromatic rings. The number of halogens is 2. The van der Waals surface area contributed by atoms with Crippen LogP contribution in [0.1, 0.15) is 0 Å². The number of rotatable bonds is 1. The largest absolute Gasteiger partial charge is 0.236 e. The molecule has 0 bridgehead atoms. The predicted octanol–water partition coefficient (Wildman–Crippen LogP) is 2.77. The molecule has 0 aliphatic carbocycles. The first-order valence-corrected chi connectivity index (χ1v) is 5.67. The second-order valence-corrected chi connectivity index (χ2v) is 5.00. The summed E-state index contributed by atoms with van der Waals surface area (Å²) in [7, 11) is 3.94. The van der Waals surface area contributed by atoms with Crippen LogP contribution < -0.4 is 0 Å². The van der Waals surface area contributed by atoms with Crippen LogP contribution in [-0.4, -0.2) is 4.21 Å². The van der Waals surface area contributed by atoms with E-state index in [2.05, 4.69) is 15.9 Å². The van der Waals surface area contributed by atoms with Crippen LogP contribution in [0.2, 0.25) is 0 Å². The van der Waals surface area contributed by atoms with Gasteiger partial charge in [0.2, 0.25) is 0 Å². The maximum atomic E-state index is 10.6. The Morgan fingerprint density at radius 1 is 1.78 bits per heavy atom. The molecule has 0 aliphatic heterocycles. The highest BCUT2D eigenvalue weighted by Gasteiger charge is 2.05. The summed E-state index contributed by atoms with van der Waals surface area (Å²) < 4.78 is 12.1. The monoisotopic (exact) mass is 244 g/mol. The zero-order chi connectivity index (χ0) is 6.85. The summed E-state index contributed by atoms with van der Waals surface area (Å²) in [5.74, 6) is 0. The van der Waals surface area contributed by atoms with Gasteiger partial charge in [-0.15, -0.1) is 11.3 Å². The molecule has 50 valence electrons. The molecule has 1 nitrogen and oxygen atoms in total. The first-order chi connectivity index (χ1) is 4.22.